The topological polar surface area (TPSA) is 97.6 Å². The Morgan fingerprint density at radius 2 is 2.25 bits per heavy atom. The van der Waals surface area contributed by atoms with Crippen LogP contribution in [-0.2, 0) is 4.74 Å². The summed E-state index contributed by atoms with van der Waals surface area (Å²) in [5.74, 6) is 0. The minimum absolute atomic E-state index is 0.122. The number of aromatic nitrogens is 1. The van der Waals surface area contributed by atoms with Crippen LogP contribution in [-0.4, -0.2) is 45.6 Å². The Kier molecular flexibility index (Phi) is 5.48. The van der Waals surface area contributed by atoms with Gasteiger partial charge in [0.1, 0.15) is 11.3 Å². The van der Waals surface area contributed by atoms with Crippen molar-refractivity contribution in [2.24, 2.45) is 0 Å². The number of carbonyl (C=O) groups excluding carboxylic acids is 1. The summed E-state index contributed by atoms with van der Waals surface area (Å²) in [5, 5.41) is 14.1. The largest absolute Gasteiger partial charge is 0.444 e. The molecule has 1 amide bonds. The van der Waals surface area contributed by atoms with E-state index in [0.717, 1.165) is 12.8 Å². The molecule has 1 atom stereocenters. The Labute approximate surface area is 145 Å². The van der Waals surface area contributed by atoms with Gasteiger partial charge in [0.25, 0.3) is 0 Å². The molecule has 0 aromatic carbocycles. The van der Waals surface area contributed by atoms with Crippen LogP contribution < -0.4 is 5.32 Å². The van der Waals surface area contributed by atoms with E-state index in [9.17, 15) is 14.9 Å². The van der Waals surface area contributed by atoms with E-state index in [0.29, 0.717) is 18.8 Å². The van der Waals surface area contributed by atoms with Gasteiger partial charge in [-0.25, -0.2) is 9.78 Å². The molecule has 24 heavy (non-hydrogen) atoms. The zero-order valence-corrected chi connectivity index (χ0v) is 14.7. The van der Waals surface area contributed by atoms with Crippen molar-refractivity contribution in [2.45, 2.75) is 45.3 Å². The molecule has 0 unspecified atom stereocenters. The normalized spacial score (nSPS) is 18.2. The van der Waals surface area contributed by atoms with Crippen molar-refractivity contribution in [3.05, 3.63) is 27.5 Å². The third-order valence-electron chi connectivity index (χ3n) is 3.49. The Morgan fingerprint density at radius 3 is 2.88 bits per heavy atom. The highest BCUT2D eigenvalue weighted by Gasteiger charge is 2.29. The predicted octanol–water partition coefficient (Wildman–Crippen LogP) is 3.45. The van der Waals surface area contributed by atoms with E-state index >= 15 is 0 Å². The number of nitrogens with one attached hydrogen (secondary N) is 1. The summed E-state index contributed by atoms with van der Waals surface area (Å²) in [7, 11) is 0. The van der Waals surface area contributed by atoms with Crippen LogP contribution in [0.3, 0.4) is 0 Å². The molecule has 2 heterocycles. The Bertz CT molecular complexity index is 632. The fourth-order valence-corrected chi connectivity index (χ4v) is 2.75. The molecule has 0 spiro atoms. The third-order valence-corrected chi connectivity index (χ3v) is 3.77. The van der Waals surface area contributed by atoms with Gasteiger partial charge in [0.15, 0.2) is 0 Å². The Morgan fingerprint density at radius 1 is 1.54 bits per heavy atom. The number of pyridine rings is 1. The lowest BCUT2D eigenvalue weighted by Crippen LogP contribution is -2.47. The molecule has 1 N–H and O–H groups in total. The maximum atomic E-state index is 12.2. The molecule has 0 saturated carbocycles. The van der Waals surface area contributed by atoms with Crippen LogP contribution >= 0.6 is 11.6 Å². The fraction of sp³-hybridized carbons (Fsp3) is 0.600. The average molecular weight is 357 g/mol. The summed E-state index contributed by atoms with van der Waals surface area (Å²) in [6, 6.07) is 1.39. The molecule has 1 aromatic heterocycles. The smallest absolute Gasteiger partial charge is 0.410 e. The minimum atomic E-state index is -0.563. The first-order valence-electron chi connectivity index (χ1n) is 7.71. The van der Waals surface area contributed by atoms with Gasteiger partial charge in [0.2, 0.25) is 5.15 Å². The van der Waals surface area contributed by atoms with E-state index in [1.54, 1.807) is 4.90 Å². The number of anilines is 1. The highest BCUT2D eigenvalue weighted by Crippen LogP contribution is 2.31. The zero-order chi connectivity index (χ0) is 17.9. The number of carbonyl (C=O) groups is 1. The number of piperidine rings is 1. The van der Waals surface area contributed by atoms with Crippen molar-refractivity contribution in [3.63, 3.8) is 0 Å². The number of ether oxygens (including phenoxy) is 1. The SMILES string of the molecule is CC(C)(C)OC(=O)N1CCC[C@@H](Nc2ccnc(Cl)c2[N+](=O)[O-])C1. The molecule has 132 valence electrons. The molecule has 0 bridgehead atoms. The standard InChI is InChI=1S/C15H21ClN4O4/c1-15(2,3)24-14(21)19-8-4-5-10(9-19)18-11-6-7-17-13(16)12(11)20(22)23/h6-7,10H,4-5,8-9H2,1-3H3,(H,17,18)/t10-/m1/s1. The molecule has 0 aliphatic carbocycles. The lowest BCUT2D eigenvalue weighted by Gasteiger charge is -2.34. The molecule has 1 saturated heterocycles. The number of hydrogen-bond donors (Lipinski definition) is 1. The van der Waals surface area contributed by atoms with E-state index in [-0.39, 0.29) is 23.0 Å². The minimum Gasteiger partial charge on any atom is -0.444 e. The van der Waals surface area contributed by atoms with Crippen LogP contribution in [0.2, 0.25) is 5.15 Å². The molecule has 1 aromatic rings. The van der Waals surface area contributed by atoms with Gasteiger partial charge in [0, 0.05) is 25.3 Å². The number of likely N-dealkylation sites (tertiary alicyclic amines) is 1. The molecule has 9 heteroatoms. The number of halogens is 1. The second kappa shape index (κ2) is 7.21. The maximum absolute atomic E-state index is 12.2. The molecule has 2 rings (SSSR count). The van der Waals surface area contributed by atoms with Crippen LogP contribution in [0, 0.1) is 10.1 Å². The third kappa shape index (κ3) is 4.70. The van der Waals surface area contributed by atoms with E-state index in [4.69, 9.17) is 16.3 Å². The maximum Gasteiger partial charge on any atom is 0.410 e. The summed E-state index contributed by atoms with van der Waals surface area (Å²) in [6.07, 6.45) is 2.60. The summed E-state index contributed by atoms with van der Waals surface area (Å²) < 4.78 is 5.38. The van der Waals surface area contributed by atoms with Crippen LogP contribution in [0.15, 0.2) is 12.3 Å². The average Bonchev–Trinajstić information content (AvgIpc) is 2.45. The van der Waals surface area contributed by atoms with Crippen molar-refractivity contribution in [3.8, 4) is 0 Å². The van der Waals surface area contributed by atoms with E-state index < -0.39 is 10.5 Å². The quantitative estimate of drug-likeness (QED) is 0.506. The van der Waals surface area contributed by atoms with Crippen LogP contribution in [0.1, 0.15) is 33.6 Å². The highest BCUT2D eigenvalue weighted by atomic mass is 35.5. The lowest BCUT2D eigenvalue weighted by molar-refractivity contribution is -0.384. The monoisotopic (exact) mass is 356 g/mol. The first-order chi connectivity index (χ1) is 11.2. The molecule has 8 nitrogen and oxygen atoms in total. The number of nitrogens with zero attached hydrogens (tertiary/aromatic N) is 3. The summed E-state index contributed by atoms with van der Waals surface area (Å²) in [5.41, 5.74) is -0.515. The fourth-order valence-electron chi connectivity index (χ4n) is 2.53. The lowest BCUT2D eigenvalue weighted by atomic mass is 10.1. The van der Waals surface area contributed by atoms with E-state index in [1.165, 1.54) is 12.3 Å². The van der Waals surface area contributed by atoms with Crippen LogP contribution in [0.4, 0.5) is 16.2 Å². The van der Waals surface area contributed by atoms with Gasteiger partial charge < -0.3 is 15.0 Å². The molecular formula is C15H21ClN4O4. The summed E-state index contributed by atoms with van der Waals surface area (Å²) in [6.45, 7) is 6.45. The Hall–Kier alpha value is -2.09. The van der Waals surface area contributed by atoms with Crippen LogP contribution in [0.5, 0.6) is 0 Å². The van der Waals surface area contributed by atoms with Crippen LogP contribution in [0.25, 0.3) is 0 Å². The first-order valence-corrected chi connectivity index (χ1v) is 8.08. The zero-order valence-electron chi connectivity index (χ0n) is 13.9. The van der Waals surface area contributed by atoms with E-state index in [1.807, 2.05) is 20.8 Å². The van der Waals surface area contributed by atoms with Gasteiger partial charge in [-0.2, -0.15) is 0 Å². The van der Waals surface area contributed by atoms with Crippen molar-refractivity contribution in [2.75, 3.05) is 18.4 Å². The van der Waals surface area contributed by atoms with Crippen molar-refractivity contribution in [1.82, 2.24) is 9.88 Å². The summed E-state index contributed by atoms with van der Waals surface area (Å²) in [4.78, 5) is 28.1. The molecule has 1 aliphatic heterocycles. The first kappa shape index (κ1) is 18.3. The molecular weight excluding hydrogens is 336 g/mol. The van der Waals surface area contributed by atoms with Gasteiger partial charge >= 0.3 is 11.8 Å². The number of hydrogen-bond acceptors (Lipinski definition) is 6. The Balaban J connectivity index is 2.08. The van der Waals surface area contributed by atoms with Gasteiger partial charge in [-0.1, -0.05) is 11.6 Å². The molecule has 1 aliphatic rings. The molecule has 0 radical (unpaired) electrons. The van der Waals surface area contributed by atoms with Crippen molar-refractivity contribution >= 4 is 29.1 Å². The summed E-state index contributed by atoms with van der Waals surface area (Å²) >= 11 is 5.82. The second-order valence-corrected chi connectivity index (χ2v) is 7.02. The number of rotatable bonds is 3. The van der Waals surface area contributed by atoms with Gasteiger partial charge in [0.05, 0.1) is 4.92 Å². The van der Waals surface area contributed by atoms with Crippen molar-refractivity contribution in [1.29, 1.82) is 0 Å². The predicted molar refractivity (Wildman–Crippen MR) is 90.4 cm³/mol. The number of nitro groups is 1. The van der Waals surface area contributed by atoms with E-state index in [2.05, 4.69) is 10.3 Å². The van der Waals surface area contributed by atoms with Crippen molar-refractivity contribution < 1.29 is 14.5 Å². The highest BCUT2D eigenvalue weighted by molar-refractivity contribution is 6.32. The van der Waals surface area contributed by atoms with Gasteiger partial charge in [-0.05, 0) is 39.7 Å². The molecule has 1 fully saturated rings. The van der Waals surface area contributed by atoms with Gasteiger partial charge in [-0.3, -0.25) is 10.1 Å². The van der Waals surface area contributed by atoms with Gasteiger partial charge in [-0.15, -0.1) is 0 Å². The second-order valence-electron chi connectivity index (χ2n) is 6.66. The number of amides is 1.